The van der Waals surface area contributed by atoms with Gasteiger partial charge in [0, 0.05) is 6.42 Å². The zero-order chi connectivity index (χ0) is 19.6. The maximum absolute atomic E-state index is 11.4. The molecule has 1 aromatic rings. The van der Waals surface area contributed by atoms with Crippen LogP contribution in [0.5, 0.6) is 5.75 Å². The van der Waals surface area contributed by atoms with E-state index in [1.54, 1.807) is 19.2 Å². The van der Waals surface area contributed by atoms with Crippen LogP contribution in [0.1, 0.15) is 5.56 Å². The summed E-state index contributed by atoms with van der Waals surface area (Å²) in [6, 6.07) is 5.63. The van der Waals surface area contributed by atoms with Gasteiger partial charge in [0.1, 0.15) is 11.8 Å². The van der Waals surface area contributed by atoms with Gasteiger partial charge in [-0.2, -0.15) is 13.2 Å². The van der Waals surface area contributed by atoms with Crippen LogP contribution in [-0.4, -0.2) is 53.8 Å². The molecule has 0 saturated heterocycles. The molecule has 0 bridgehead atoms. The highest BCUT2D eigenvalue weighted by Gasteiger charge is 2.38. The van der Waals surface area contributed by atoms with Crippen molar-refractivity contribution in [1.29, 1.82) is 0 Å². The van der Waals surface area contributed by atoms with Gasteiger partial charge in [0.05, 0.1) is 6.54 Å². The van der Waals surface area contributed by atoms with E-state index in [0.29, 0.717) is 6.42 Å². The number of likely N-dealkylation sites (N-methyl/N-ethyl adjacent to an activating group) is 1. The van der Waals surface area contributed by atoms with Crippen molar-refractivity contribution in [2.45, 2.75) is 18.6 Å². The maximum Gasteiger partial charge on any atom is 0.490 e. The molecule has 1 unspecified atom stereocenters. The third-order valence-corrected chi connectivity index (χ3v) is 2.63. The first kappa shape index (κ1) is 22.2. The van der Waals surface area contributed by atoms with Gasteiger partial charge in [0.25, 0.3) is 0 Å². The van der Waals surface area contributed by atoms with Crippen molar-refractivity contribution in [3.05, 3.63) is 29.8 Å². The number of nitrogens with one attached hydrogen (secondary N) is 2. The Bertz CT molecular complexity index is 590. The minimum absolute atomic E-state index is 0.124. The number of rotatable bonds is 6. The average molecular weight is 365 g/mol. The van der Waals surface area contributed by atoms with Crippen molar-refractivity contribution in [2.75, 3.05) is 13.6 Å². The van der Waals surface area contributed by atoms with Gasteiger partial charge in [-0.05, 0) is 24.7 Å². The van der Waals surface area contributed by atoms with Crippen molar-refractivity contribution < 1.29 is 37.8 Å². The van der Waals surface area contributed by atoms with E-state index in [4.69, 9.17) is 20.7 Å². The first-order chi connectivity index (χ1) is 11.5. The normalized spacial score (nSPS) is 11.7. The van der Waals surface area contributed by atoms with E-state index in [1.165, 1.54) is 12.1 Å². The Labute approximate surface area is 140 Å². The first-order valence-electron chi connectivity index (χ1n) is 6.78. The topological polar surface area (TPSA) is 142 Å². The van der Waals surface area contributed by atoms with Gasteiger partial charge in [-0.25, -0.2) is 4.79 Å². The minimum Gasteiger partial charge on any atom is -0.508 e. The quantitative estimate of drug-likeness (QED) is 0.471. The molecular formula is C14H18F3N3O5. The molecule has 1 atom stereocenters. The Balaban J connectivity index is 0.000000697. The van der Waals surface area contributed by atoms with Crippen LogP contribution >= 0.6 is 0 Å². The monoisotopic (exact) mass is 365 g/mol. The molecule has 140 valence electrons. The molecule has 0 saturated carbocycles. The van der Waals surface area contributed by atoms with Crippen molar-refractivity contribution in [3.8, 4) is 5.75 Å². The number of phenols is 1. The molecule has 0 aliphatic carbocycles. The van der Waals surface area contributed by atoms with Crippen molar-refractivity contribution in [1.82, 2.24) is 10.6 Å². The molecular weight excluding hydrogens is 347 g/mol. The third kappa shape index (κ3) is 9.81. The Morgan fingerprint density at radius 1 is 1.20 bits per heavy atom. The molecule has 11 heteroatoms. The lowest BCUT2D eigenvalue weighted by Crippen LogP contribution is -2.48. The van der Waals surface area contributed by atoms with Crippen LogP contribution in [-0.2, 0) is 20.8 Å². The molecule has 8 nitrogen and oxygen atoms in total. The van der Waals surface area contributed by atoms with Crippen molar-refractivity contribution in [3.63, 3.8) is 0 Å². The molecule has 0 radical (unpaired) electrons. The molecule has 1 aromatic carbocycles. The van der Waals surface area contributed by atoms with Gasteiger partial charge < -0.3 is 26.6 Å². The lowest BCUT2D eigenvalue weighted by Gasteiger charge is -2.15. The molecule has 2 amide bonds. The van der Waals surface area contributed by atoms with Crippen molar-refractivity contribution in [2.24, 2.45) is 5.73 Å². The number of carbonyl (C=O) groups excluding carboxylic acids is 2. The lowest BCUT2D eigenvalue weighted by molar-refractivity contribution is -0.192. The maximum atomic E-state index is 11.4. The van der Waals surface area contributed by atoms with Crippen LogP contribution in [0.4, 0.5) is 13.2 Å². The lowest BCUT2D eigenvalue weighted by atomic mass is 10.1. The van der Waals surface area contributed by atoms with E-state index in [0.717, 1.165) is 5.56 Å². The predicted molar refractivity (Wildman–Crippen MR) is 80.6 cm³/mol. The number of amides is 2. The molecule has 0 aromatic heterocycles. The van der Waals surface area contributed by atoms with Gasteiger partial charge in [-0.3, -0.25) is 9.59 Å². The zero-order valence-corrected chi connectivity index (χ0v) is 13.1. The minimum atomic E-state index is -5.08. The molecule has 0 fully saturated rings. The van der Waals surface area contributed by atoms with E-state index in [1.807, 2.05) is 0 Å². The van der Waals surface area contributed by atoms with Crippen LogP contribution in [0.15, 0.2) is 24.3 Å². The Morgan fingerprint density at radius 2 is 1.68 bits per heavy atom. The number of carboxylic acids is 1. The predicted octanol–water partition coefficient (Wildman–Crippen LogP) is -0.243. The number of primary amides is 1. The van der Waals surface area contributed by atoms with Gasteiger partial charge in [0.2, 0.25) is 11.8 Å². The van der Waals surface area contributed by atoms with E-state index in [9.17, 15) is 22.8 Å². The van der Waals surface area contributed by atoms with Crippen LogP contribution in [0.25, 0.3) is 0 Å². The summed E-state index contributed by atoms with van der Waals surface area (Å²) in [7, 11) is 1.64. The molecule has 1 rings (SSSR count). The van der Waals surface area contributed by atoms with Gasteiger partial charge in [0.15, 0.2) is 0 Å². The molecule has 0 heterocycles. The molecule has 0 aliphatic rings. The molecule has 6 N–H and O–H groups in total. The number of hydrogen-bond donors (Lipinski definition) is 5. The molecule has 0 spiro atoms. The van der Waals surface area contributed by atoms with E-state index in [-0.39, 0.29) is 18.2 Å². The van der Waals surface area contributed by atoms with E-state index < -0.39 is 24.1 Å². The summed E-state index contributed by atoms with van der Waals surface area (Å²) >= 11 is 0. The second-order valence-corrected chi connectivity index (χ2v) is 4.73. The number of carboxylic acid groups (broad SMARTS) is 1. The highest BCUT2D eigenvalue weighted by molar-refractivity contribution is 5.87. The van der Waals surface area contributed by atoms with E-state index >= 15 is 0 Å². The number of aromatic hydroxyl groups is 1. The smallest absolute Gasteiger partial charge is 0.490 e. The summed E-state index contributed by atoms with van der Waals surface area (Å²) in [6.07, 6.45) is -4.79. The number of phenolic OH excluding ortho intramolecular Hbond substituents is 1. The SMILES string of the molecule is CNCC(=O)NC(Cc1ccc(O)cc1)C(N)=O.O=C(O)C(F)(F)F. The van der Waals surface area contributed by atoms with E-state index in [2.05, 4.69) is 10.6 Å². The van der Waals surface area contributed by atoms with Gasteiger partial charge >= 0.3 is 12.1 Å². The highest BCUT2D eigenvalue weighted by atomic mass is 19.4. The number of hydrogen-bond acceptors (Lipinski definition) is 5. The first-order valence-corrected chi connectivity index (χ1v) is 6.78. The summed E-state index contributed by atoms with van der Waals surface area (Å²) in [5, 5.41) is 21.5. The average Bonchev–Trinajstić information content (AvgIpc) is 2.48. The largest absolute Gasteiger partial charge is 0.508 e. The molecule has 25 heavy (non-hydrogen) atoms. The third-order valence-electron chi connectivity index (χ3n) is 2.63. The number of aliphatic carboxylic acids is 1. The summed E-state index contributed by atoms with van der Waals surface area (Å²) in [4.78, 5) is 31.5. The van der Waals surface area contributed by atoms with Gasteiger partial charge in [-0.15, -0.1) is 0 Å². The van der Waals surface area contributed by atoms with Gasteiger partial charge in [-0.1, -0.05) is 12.1 Å². The van der Waals surface area contributed by atoms with Crippen molar-refractivity contribution >= 4 is 17.8 Å². The Kier molecular flexibility index (Phi) is 8.99. The number of halogens is 3. The summed E-state index contributed by atoms with van der Waals surface area (Å²) < 4.78 is 31.7. The Morgan fingerprint density at radius 3 is 2.04 bits per heavy atom. The van der Waals surface area contributed by atoms with Crippen LogP contribution in [0, 0.1) is 0 Å². The summed E-state index contributed by atoms with van der Waals surface area (Å²) in [6.45, 7) is 0.124. The van der Waals surface area contributed by atoms with Crippen LogP contribution < -0.4 is 16.4 Å². The second-order valence-electron chi connectivity index (χ2n) is 4.73. The fraction of sp³-hybridized carbons (Fsp3) is 0.357. The zero-order valence-electron chi connectivity index (χ0n) is 13.1. The number of alkyl halides is 3. The summed E-state index contributed by atoms with van der Waals surface area (Å²) in [5.41, 5.74) is 6.04. The standard InChI is InChI=1S/C12H17N3O3.C2HF3O2/c1-14-7-11(17)15-10(12(13)18)6-8-2-4-9(16)5-3-8;3-2(4,5)1(6)7/h2-5,10,14,16H,6-7H2,1H3,(H2,13,18)(H,15,17);(H,6,7). The fourth-order valence-corrected chi connectivity index (χ4v) is 1.50. The number of nitrogens with two attached hydrogens (primary N) is 1. The van der Waals surface area contributed by atoms with Crippen LogP contribution in [0.3, 0.4) is 0 Å². The number of carbonyl (C=O) groups is 3. The van der Waals surface area contributed by atoms with Crippen LogP contribution in [0.2, 0.25) is 0 Å². The fourth-order valence-electron chi connectivity index (χ4n) is 1.50. The number of benzene rings is 1. The second kappa shape index (κ2) is 10.1. The molecule has 0 aliphatic heterocycles. The summed E-state index contributed by atoms with van der Waals surface area (Å²) in [5.74, 6) is -3.49. The Hall–Kier alpha value is -2.82. The highest BCUT2D eigenvalue weighted by Crippen LogP contribution is 2.13.